The van der Waals surface area contributed by atoms with Crippen LogP contribution in [0, 0.1) is 11.7 Å². The Morgan fingerprint density at radius 1 is 1.35 bits per heavy atom. The van der Waals surface area contributed by atoms with E-state index in [0.717, 1.165) is 17.6 Å². The van der Waals surface area contributed by atoms with Crippen LogP contribution in [0.5, 0.6) is 0 Å². The van der Waals surface area contributed by atoms with Crippen LogP contribution in [0.25, 0.3) is 11.0 Å². The van der Waals surface area contributed by atoms with Gasteiger partial charge in [0.05, 0.1) is 9.99 Å². The molecule has 1 fully saturated rings. The van der Waals surface area contributed by atoms with Gasteiger partial charge in [0.15, 0.2) is 0 Å². The average molecular weight is 298 g/mol. The molecule has 1 aliphatic rings. The molecule has 5 heteroatoms. The lowest BCUT2D eigenvalue weighted by molar-refractivity contribution is 0.429. The van der Waals surface area contributed by atoms with E-state index >= 15 is 0 Å². The number of fused-ring (bicyclic) bond motifs is 1. The molecule has 90 valence electrons. The van der Waals surface area contributed by atoms with E-state index in [2.05, 4.69) is 26.2 Å². The van der Waals surface area contributed by atoms with E-state index in [1.54, 1.807) is 0 Å². The van der Waals surface area contributed by atoms with E-state index < -0.39 is 0 Å². The second kappa shape index (κ2) is 4.37. The van der Waals surface area contributed by atoms with Crippen molar-refractivity contribution in [3.63, 3.8) is 0 Å². The molecule has 1 aliphatic carbocycles. The van der Waals surface area contributed by atoms with Crippen molar-refractivity contribution in [2.24, 2.45) is 5.92 Å². The molecule has 2 aromatic rings. The summed E-state index contributed by atoms with van der Waals surface area (Å²) in [6.45, 7) is 0.854. The van der Waals surface area contributed by atoms with Crippen LogP contribution in [-0.2, 0) is 6.54 Å². The highest BCUT2D eigenvalue weighted by Gasteiger charge is 2.18. The third kappa shape index (κ3) is 2.08. The first-order chi connectivity index (χ1) is 8.24. The fourth-order valence-electron chi connectivity index (χ4n) is 2.57. The van der Waals surface area contributed by atoms with Crippen molar-refractivity contribution in [2.75, 3.05) is 0 Å². The Morgan fingerprint density at radius 2 is 2.12 bits per heavy atom. The van der Waals surface area contributed by atoms with Crippen molar-refractivity contribution >= 4 is 27.0 Å². The Morgan fingerprint density at radius 3 is 2.88 bits per heavy atom. The predicted molar refractivity (Wildman–Crippen MR) is 67.1 cm³/mol. The van der Waals surface area contributed by atoms with Gasteiger partial charge in [-0.05, 0) is 40.8 Å². The highest BCUT2D eigenvalue weighted by atomic mass is 79.9. The molecule has 0 spiro atoms. The molecule has 17 heavy (non-hydrogen) atoms. The Balaban J connectivity index is 1.99. The maximum absolute atomic E-state index is 13.4. The lowest BCUT2D eigenvalue weighted by Gasteiger charge is -2.08. The smallest absolute Gasteiger partial charge is 0.127 e. The van der Waals surface area contributed by atoms with Crippen LogP contribution in [0.1, 0.15) is 25.7 Å². The summed E-state index contributed by atoms with van der Waals surface area (Å²) in [4.78, 5) is 0. The fraction of sp³-hybridized carbons (Fsp3) is 0.500. The number of benzene rings is 1. The largest absolute Gasteiger partial charge is 0.244 e. The summed E-state index contributed by atoms with van der Waals surface area (Å²) in [6, 6.07) is 2.94. The van der Waals surface area contributed by atoms with Gasteiger partial charge in [-0.1, -0.05) is 18.1 Å². The molecule has 1 heterocycles. The second-order valence-corrected chi connectivity index (χ2v) is 5.53. The van der Waals surface area contributed by atoms with Crippen molar-refractivity contribution in [1.82, 2.24) is 15.0 Å². The monoisotopic (exact) mass is 297 g/mol. The molecule has 0 bridgehead atoms. The lowest BCUT2D eigenvalue weighted by atomic mass is 10.1. The highest BCUT2D eigenvalue weighted by molar-refractivity contribution is 9.10. The first-order valence-corrected chi connectivity index (χ1v) is 6.71. The van der Waals surface area contributed by atoms with Gasteiger partial charge in [-0.15, -0.1) is 5.10 Å². The zero-order chi connectivity index (χ0) is 11.8. The van der Waals surface area contributed by atoms with Gasteiger partial charge in [0.25, 0.3) is 0 Å². The van der Waals surface area contributed by atoms with E-state index in [0.29, 0.717) is 10.4 Å². The second-order valence-electron chi connectivity index (χ2n) is 4.68. The summed E-state index contributed by atoms with van der Waals surface area (Å²) in [7, 11) is 0. The molecule has 0 radical (unpaired) electrons. The Hall–Kier alpha value is -0.970. The van der Waals surface area contributed by atoms with Gasteiger partial charge in [-0.25, -0.2) is 9.07 Å². The zero-order valence-corrected chi connectivity index (χ0v) is 11.0. The molecule has 1 saturated carbocycles. The first kappa shape index (κ1) is 11.1. The molecular weight excluding hydrogens is 285 g/mol. The number of halogens is 2. The maximum Gasteiger partial charge on any atom is 0.127 e. The van der Waals surface area contributed by atoms with Gasteiger partial charge in [0, 0.05) is 12.6 Å². The van der Waals surface area contributed by atoms with Crippen LogP contribution in [-0.4, -0.2) is 15.0 Å². The number of nitrogens with zero attached hydrogens (tertiary/aromatic N) is 3. The molecule has 1 aromatic heterocycles. The number of rotatable bonds is 2. The molecule has 0 saturated heterocycles. The maximum atomic E-state index is 13.4. The van der Waals surface area contributed by atoms with E-state index in [-0.39, 0.29) is 5.82 Å². The molecular formula is C12H13BrFN3. The Labute approximate surface area is 107 Å². The fourth-order valence-corrected chi connectivity index (χ4v) is 3.07. The minimum absolute atomic E-state index is 0.251. The van der Waals surface area contributed by atoms with E-state index in [1.807, 2.05) is 4.68 Å². The van der Waals surface area contributed by atoms with Crippen molar-refractivity contribution in [2.45, 2.75) is 32.2 Å². The summed E-state index contributed by atoms with van der Waals surface area (Å²) in [5.74, 6) is 0.418. The minimum Gasteiger partial charge on any atom is -0.244 e. The highest BCUT2D eigenvalue weighted by Crippen LogP contribution is 2.28. The summed E-state index contributed by atoms with van der Waals surface area (Å²) in [5, 5.41) is 8.23. The molecule has 0 unspecified atom stereocenters. The third-order valence-electron chi connectivity index (χ3n) is 3.44. The average Bonchev–Trinajstić information content (AvgIpc) is 2.89. The van der Waals surface area contributed by atoms with Crippen molar-refractivity contribution in [3.05, 3.63) is 22.4 Å². The molecule has 0 amide bonds. The van der Waals surface area contributed by atoms with Crippen LogP contribution in [0.15, 0.2) is 16.6 Å². The topological polar surface area (TPSA) is 30.7 Å². The van der Waals surface area contributed by atoms with Crippen molar-refractivity contribution in [1.29, 1.82) is 0 Å². The Bertz CT molecular complexity index is 546. The van der Waals surface area contributed by atoms with Gasteiger partial charge < -0.3 is 0 Å². The SMILES string of the molecule is Fc1cc(Br)c2nnn(CC3CCCC3)c2c1. The molecule has 1 aromatic carbocycles. The molecule has 3 nitrogen and oxygen atoms in total. The van der Waals surface area contributed by atoms with E-state index in [9.17, 15) is 4.39 Å². The van der Waals surface area contributed by atoms with Crippen molar-refractivity contribution < 1.29 is 4.39 Å². The quantitative estimate of drug-likeness (QED) is 0.849. The predicted octanol–water partition coefficient (Wildman–Crippen LogP) is 3.52. The molecule has 0 atom stereocenters. The van der Waals surface area contributed by atoms with E-state index in [4.69, 9.17) is 0 Å². The van der Waals surface area contributed by atoms with Crippen LogP contribution < -0.4 is 0 Å². The molecule has 0 aliphatic heterocycles. The van der Waals surface area contributed by atoms with Crippen molar-refractivity contribution in [3.8, 4) is 0 Å². The van der Waals surface area contributed by atoms with Gasteiger partial charge >= 0.3 is 0 Å². The van der Waals surface area contributed by atoms with Crippen LogP contribution in [0.3, 0.4) is 0 Å². The molecule has 0 N–H and O–H groups in total. The van der Waals surface area contributed by atoms with Gasteiger partial charge in [0.2, 0.25) is 0 Å². The van der Waals surface area contributed by atoms with Crippen LogP contribution >= 0.6 is 15.9 Å². The number of aromatic nitrogens is 3. The summed E-state index contributed by atoms with van der Waals surface area (Å²) in [5.41, 5.74) is 1.52. The van der Waals surface area contributed by atoms with E-state index in [1.165, 1.54) is 37.8 Å². The minimum atomic E-state index is -0.251. The Kier molecular flexibility index (Phi) is 2.86. The molecule has 3 rings (SSSR count). The number of hydrogen-bond acceptors (Lipinski definition) is 2. The van der Waals surface area contributed by atoms with Crippen LogP contribution in [0.4, 0.5) is 4.39 Å². The lowest BCUT2D eigenvalue weighted by Crippen LogP contribution is -2.08. The van der Waals surface area contributed by atoms with Gasteiger partial charge in [-0.2, -0.15) is 0 Å². The standard InChI is InChI=1S/C12H13BrFN3/c13-10-5-9(14)6-11-12(10)15-16-17(11)7-8-3-1-2-4-8/h5-6,8H,1-4,7H2. The third-order valence-corrected chi connectivity index (χ3v) is 4.05. The van der Waals surface area contributed by atoms with Crippen LogP contribution in [0.2, 0.25) is 0 Å². The number of hydrogen-bond donors (Lipinski definition) is 0. The zero-order valence-electron chi connectivity index (χ0n) is 9.37. The van der Waals surface area contributed by atoms with Gasteiger partial charge in [0.1, 0.15) is 11.3 Å². The summed E-state index contributed by atoms with van der Waals surface area (Å²) >= 11 is 3.32. The summed E-state index contributed by atoms with van der Waals surface area (Å²) in [6.07, 6.45) is 5.10. The normalized spacial score (nSPS) is 17.1. The first-order valence-electron chi connectivity index (χ1n) is 5.92. The summed E-state index contributed by atoms with van der Waals surface area (Å²) < 4.78 is 15.9. The van der Waals surface area contributed by atoms with Gasteiger partial charge in [-0.3, -0.25) is 0 Å².